The second-order valence-electron chi connectivity index (χ2n) is 6.18. The van der Waals surface area contributed by atoms with Gasteiger partial charge in [-0.3, -0.25) is 0 Å². The van der Waals surface area contributed by atoms with Crippen molar-refractivity contribution in [2.24, 2.45) is 0 Å². The zero-order chi connectivity index (χ0) is 18.4. The molecule has 0 aliphatic carbocycles. The van der Waals surface area contributed by atoms with Crippen LogP contribution >= 0.6 is 11.6 Å². The first-order chi connectivity index (χ1) is 12.0. The molecule has 0 spiro atoms. The summed E-state index contributed by atoms with van der Waals surface area (Å²) in [5.74, 6) is 1.46. The summed E-state index contributed by atoms with van der Waals surface area (Å²) in [6, 6.07) is 12.3. The highest BCUT2D eigenvalue weighted by Gasteiger charge is 2.20. The van der Waals surface area contributed by atoms with E-state index in [0.29, 0.717) is 0 Å². The monoisotopic (exact) mass is 359 g/mol. The molecule has 0 amide bonds. The quantitative estimate of drug-likeness (QED) is 0.643. The first kappa shape index (κ1) is 19.4. The molecule has 2 aromatic rings. The van der Waals surface area contributed by atoms with E-state index in [-0.39, 0.29) is 6.04 Å². The van der Waals surface area contributed by atoms with Crippen molar-refractivity contribution >= 4 is 17.7 Å². The molecule has 0 aromatic heterocycles. The highest BCUT2D eigenvalue weighted by Crippen LogP contribution is 2.36. The third kappa shape index (κ3) is 4.77. The normalized spacial score (nSPS) is 12.1. The van der Waals surface area contributed by atoms with Crippen molar-refractivity contribution in [2.45, 2.75) is 18.9 Å². The van der Waals surface area contributed by atoms with Crippen LogP contribution < -0.4 is 9.47 Å². The highest BCUT2D eigenvalue weighted by molar-refractivity contribution is 6.30. The second-order valence-corrected chi connectivity index (χ2v) is 6.62. The van der Waals surface area contributed by atoms with Crippen molar-refractivity contribution in [3.8, 4) is 11.5 Å². The Hall–Kier alpha value is -1.97. The molecule has 2 aromatic carbocycles. The second kappa shape index (κ2) is 8.93. The van der Waals surface area contributed by atoms with Gasteiger partial charge in [-0.15, -0.1) is 0 Å². The van der Waals surface area contributed by atoms with Gasteiger partial charge >= 0.3 is 0 Å². The standard InChI is InChI=1S/C21H26ClNO2/c1-6-16-13-20(24-4)21(25-5)14-18(16)19(23(2)3)12-9-15-7-10-17(22)11-8-15/h6-8,10-11,13-14,19H,1,9,12H2,2-5H3/t19-/m0/s1. The number of halogens is 1. The lowest BCUT2D eigenvalue weighted by Crippen LogP contribution is -2.21. The lowest BCUT2D eigenvalue weighted by atomic mass is 9.93. The minimum absolute atomic E-state index is 0.239. The van der Waals surface area contributed by atoms with Crippen molar-refractivity contribution in [1.82, 2.24) is 4.90 Å². The third-order valence-electron chi connectivity index (χ3n) is 4.41. The molecule has 0 bridgehead atoms. The smallest absolute Gasteiger partial charge is 0.161 e. The van der Waals surface area contributed by atoms with Gasteiger partial charge in [0.1, 0.15) is 0 Å². The number of ether oxygens (including phenoxy) is 2. The van der Waals surface area contributed by atoms with Crippen LogP contribution in [0, 0.1) is 0 Å². The molecule has 25 heavy (non-hydrogen) atoms. The summed E-state index contributed by atoms with van der Waals surface area (Å²) in [6.45, 7) is 3.96. The van der Waals surface area contributed by atoms with Crippen LogP contribution in [0.25, 0.3) is 6.08 Å². The van der Waals surface area contributed by atoms with E-state index in [1.54, 1.807) is 14.2 Å². The zero-order valence-corrected chi connectivity index (χ0v) is 16.1. The average Bonchev–Trinajstić information content (AvgIpc) is 2.62. The van der Waals surface area contributed by atoms with Gasteiger partial charge in [0.25, 0.3) is 0 Å². The molecule has 0 saturated carbocycles. The van der Waals surface area contributed by atoms with Gasteiger partial charge in [0.15, 0.2) is 11.5 Å². The van der Waals surface area contributed by atoms with Gasteiger partial charge in [-0.25, -0.2) is 0 Å². The fourth-order valence-corrected chi connectivity index (χ4v) is 3.15. The summed E-state index contributed by atoms with van der Waals surface area (Å²) in [5.41, 5.74) is 3.52. The van der Waals surface area contributed by atoms with Gasteiger partial charge in [-0.2, -0.15) is 0 Å². The van der Waals surface area contributed by atoms with Crippen LogP contribution in [0.2, 0.25) is 5.02 Å². The summed E-state index contributed by atoms with van der Waals surface area (Å²) >= 11 is 5.98. The third-order valence-corrected chi connectivity index (χ3v) is 4.66. The zero-order valence-electron chi connectivity index (χ0n) is 15.4. The van der Waals surface area contributed by atoms with Crippen LogP contribution in [-0.4, -0.2) is 33.2 Å². The Morgan fingerprint density at radius 2 is 1.68 bits per heavy atom. The average molecular weight is 360 g/mol. The largest absolute Gasteiger partial charge is 0.493 e. The van der Waals surface area contributed by atoms with Crippen LogP contribution in [0.5, 0.6) is 11.5 Å². The molecule has 0 aliphatic heterocycles. The Morgan fingerprint density at radius 1 is 1.08 bits per heavy atom. The van der Waals surface area contributed by atoms with E-state index in [1.165, 1.54) is 11.1 Å². The van der Waals surface area contributed by atoms with Gasteiger partial charge in [0.2, 0.25) is 0 Å². The van der Waals surface area contributed by atoms with Crippen molar-refractivity contribution in [3.63, 3.8) is 0 Å². The predicted octanol–water partition coefficient (Wildman–Crippen LogP) is 5.24. The van der Waals surface area contributed by atoms with Crippen molar-refractivity contribution < 1.29 is 9.47 Å². The summed E-state index contributed by atoms with van der Waals surface area (Å²) in [7, 11) is 7.49. The molecule has 3 nitrogen and oxygen atoms in total. The summed E-state index contributed by atoms with van der Waals surface area (Å²) in [6.07, 6.45) is 3.81. The number of hydrogen-bond donors (Lipinski definition) is 0. The van der Waals surface area contributed by atoms with E-state index in [1.807, 2.05) is 24.3 Å². The van der Waals surface area contributed by atoms with E-state index in [0.717, 1.165) is 34.9 Å². The maximum absolute atomic E-state index is 5.98. The van der Waals surface area contributed by atoms with E-state index in [2.05, 4.69) is 43.8 Å². The Bertz CT molecular complexity index is 711. The highest BCUT2D eigenvalue weighted by atomic mass is 35.5. The topological polar surface area (TPSA) is 21.7 Å². The molecule has 0 unspecified atom stereocenters. The maximum Gasteiger partial charge on any atom is 0.161 e. The minimum Gasteiger partial charge on any atom is -0.493 e. The first-order valence-corrected chi connectivity index (χ1v) is 8.67. The minimum atomic E-state index is 0.239. The molecule has 0 N–H and O–H groups in total. The molecule has 1 atom stereocenters. The van der Waals surface area contributed by atoms with Gasteiger partial charge in [-0.05, 0) is 67.9 Å². The lowest BCUT2D eigenvalue weighted by Gasteiger charge is -2.27. The van der Waals surface area contributed by atoms with Crippen LogP contribution in [0.15, 0.2) is 43.0 Å². The molecule has 0 aliphatic rings. The number of rotatable bonds is 8. The Morgan fingerprint density at radius 3 is 2.20 bits per heavy atom. The van der Waals surface area contributed by atoms with E-state index in [4.69, 9.17) is 21.1 Å². The summed E-state index contributed by atoms with van der Waals surface area (Å²) < 4.78 is 10.9. The predicted molar refractivity (Wildman–Crippen MR) is 106 cm³/mol. The summed E-state index contributed by atoms with van der Waals surface area (Å²) in [4.78, 5) is 2.23. The molecule has 0 radical (unpaired) electrons. The van der Waals surface area contributed by atoms with Crippen LogP contribution in [0.4, 0.5) is 0 Å². The van der Waals surface area contributed by atoms with E-state index in [9.17, 15) is 0 Å². The van der Waals surface area contributed by atoms with Crippen molar-refractivity contribution in [3.05, 3.63) is 64.7 Å². The number of aryl methyl sites for hydroxylation is 1. The van der Waals surface area contributed by atoms with Gasteiger partial charge in [0.05, 0.1) is 14.2 Å². The number of hydrogen-bond acceptors (Lipinski definition) is 3. The van der Waals surface area contributed by atoms with Crippen LogP contribution in [0.1, 0.15) is 29.2 Å². The summed E-state index contributed by atoms with van der Waals surface area (Å²) in [5, 5.41) is 0.766. The van der Waals surface area contributed by atoms with E-state index < -0.39 is 0 Å². The first-order valence-electron chi connectivity index (χ1n) is 8.29. The van der Waals surface area contributed by atoms with Gasteiger partial charge < -0.3 is 14.4 Å². The SMILES string of the molecule is C=Cc1cc(OC)c(OC)cc1[C@H](CCc1ccc(Cl)cc1)N(C)C. The maximum atomic E-state index is 5.98. The molecule has 0 fully saturated rings. The van der Waals surface area contributed by atoms with E-state index >= 15 is 0 Å². The fraction of sp³-hybridized carbons (Fsp3) is 0.333. The molecule has 2 rings (SSSR count). The Labute approximate surface area is 155 Å². The Balaban J connectivity index is 2.32. The van der Waals surface area contributed by atoms with Crippen molar-refractivity contribution in [1.29, 1.82) is 0 Å². The van der Waals surface area contributed by atoms with Crippen LogP contribution in [-0.2, 0) is 6.42 Å². The molecule has 4 heteroatoms. The van der Waals surface area contributed by atoms with Crippen molar-refractivity contribution in [2.75, 3.05) is 28.3 Å². The Kier molecular flexibility index (Phi) is 6.91. The van der Waals surface area contributed by atoms with Crippen LogP contribution in [0.3, 0.4) is 0 Å². The number of methoxy groups -OCH3 is 2. The number of nitrogens with zero attached hydrogens (tertiary/aromatic N) is 1. The fourth-order valence-electron chi connectivity index (χ4n) is 3.02. The van der Waals surface area contributed by atoms with Gasteiger partial charge in [0, 0.05) is 11.1 Å². The molecule has 0 heterocycles. The molecule has 0 saturated heterocycles. The molecule has 134 valence electrons. The number of benzene rings is 2. The molecular formula is C21H26ClNO2. The lowest BCUT2D eigenvalue weighted by molar-refractivity contribution is 0.282. The van der Waals surface area contributed by atoms with Gasteiger partial charge in [-0.1, -0.05) is 36.4 Å². The molecular weight excluding hydrogens is 334 g/mol.